The van der Waals surface area contributed by atoms with Crippen molar-refractivity contribution in [2.45, 2.75) is 19.1 Å². The van der Waals surface area contributed by atoms with Gasteiger partial charge in [-0.05, 0) is 40.5 Å². The van der Waals surface area contributed by atoms with Gasteiger partial charge in [-0.2, -0.15) is 0 Å². The first kappa shape index (κ1) is 18.0. The lowest BCUT2D eigenvalue weighted by atomic mass is 9.95. The van der Waals surface area contributed by atoms with Gasteiger partial charge in [0.2, 0.25) is 0 Å². The molecule has 0 aliphatic carbocycles. The van der Waals surface area contributed by atoms with Gasteiger partial charge < -0.3 is 19.3 Å². The Morgan fingerprint density at radius 1 is 0.852 bits per heavy atom. The van der Waals surface area contributed by atoms with Crippen LogP contribution in [0, 0.1) is 6.92 Å². The highest BCUT2D eigenvalue weighted by molar-refractivity contribution is 5.97. The number of ether oxygens (including phenoxy) is 3. The zero-order chi connectivity index (χ0) is 18.6. The number of hydrogen-bond acceptors (Lipinski definition) is 4. The van der Waals surface area contributed by atoms with E-state index in [4.69, 9.17) is 14.2 Å². The lowest BCUT2D eigenvalue weighted by Crippen LogP contribution is -2.06. The molecule has 4 heteroatoms. The standard InChI is InChI=1S/C17H14O.C6H10O3/c1-12-14(9-5-11-17(12)18)16-10-4-7-13-6-2-3-8-15(13)16;1(5-3-8-5)7-2-6-4-9-6/h2-11,18H,1H3;5-6H,1-4H2. The van der Waals surface area contributed by atoms with Crippen molar-refractivity contribution in [2.24, 2.45) is 0 Å². The average Bonchev–Trinajstić information content (AvgIpc) is 3.60. The van der Waals surface area contributed by atoms with E-state index in [9.17, 15) is 5.11 Å². The van der Waals surface area contributed by atoms with E-state index >= 15 is 0 Å². The van der Waals surface area contributed by atoms with E-state index in [0.29, 0.717) is 18.0 Å². The van der Waals surface area contributed by atoms with Gasteiger partial charge in [-0.15, -0.1) is 0 Å². The van der Waals surface area contributed by atoms with E-state index in [1.165, 1.54) is 16.3 Å². The fourth-order valence-electron chi connectivity index (χ4n) is 3.03. The molecule has 0 radical (unpaired) electrons. The highest BCUT2D eigenvalue weighted by atomic mass is 16.6. The molecule has 2 aliphatic heterocycles. The molecule has 2 atom stereocenters. The lowest BCUT2D eigenvalue weighted by Gasteiger charge is -2.10. The minimum atomic E-state index is 0.348. The Morgan fingerprint density at radius 3 is 2.15 bits per heavy atom. The number of phenols is 1. The van der Waals surface area contributed by atoms with Crippen molar-refractivity contribution in [1.29, 1.82) is 0 Å². The molecular formula is C23H24O4. The molecule has 3 aromatic rings. The first-order valence-corrected chi connectivity index (χ1v) is 9.30. The predicted molar refractivity (Wildman–Crippen MR) is 106 cm³/mol. The summed E-state index contributed by atoms with van der Waals surface area (Å²) in [4.78, 5) is 0. The summed E-state index contributed by atoms with van der Waals surface area (Å²) in [5.41, 5.74) is 3.18. The van der Waals surface area contributed by atoms with Gasteiger partial charge in [-0.25, -0.2) is 0 Å². The molecular weight excluding hydrogens is 340 g/mol. The molecule has 140 valence electrons. The fourth-order valence-corrected chi connectivity index (χ4v) is 3.03. The third-order valence-corrected chi connectivity index (χ3v) is 4.80. The molecule has 27 heavy (non-hydrogen) atoms. The number of hydrogen-bond donors (Lipinski definition) is 1. The normalized spacial score (nSPS) is 20.0. The zero-order valence-electron chi connectivity index (χ0n) is 15.4. The number of phenolic OH excluding ortho intramolecular Hbond substituents is 1. The first-order chi connectivity index (χ1) is 13.2. The Hall–Kier alpha value is -2.40. The minimum Gasteiger partial charge on any atom is -0.508 e. The summed E-state index contributed by atoms with van der Waals surface area (Å²) in [5.74, 6) is 0.348. The van der Waals surface area contributed by atoms with Gasteiger partial charge in [0.25, 0.3) is 0 Å². The molecule has 2 heterocycles. The SMILES string of the molecule is C(OCC1CO1)C1CO1.Cc1c(O)cccc1-c1cccc2ccccc12. The van der Waals surface area contributed by atoms with Crippen molar-refractivity contribution in [3.05, 3.63) is 66.2 Å². The fraction of sp³-hybridized carbons (Fsp3) is 0.304. The molecule has 5 rings (SSSR count). The van der Waals surface area contributed by atoms with Crippen LogP contribution >= 0.6 is 0 Å². The van der Waals surface area contributed by atoms with Crippen LogP contribution < -0.4 is 0 Å². The summed E-state index contributed by atoms with van der Waals surface area (Å²) >= 11 is 0. The van der Waals surface area contributed by atoms with Crippen LogP contribution in [0.25, 0.3) is 21.9 Å². The van der Waals surface area contributed by atoms with E-state index in [-0.39, 0.29) is 0 Å². The molecule has 0 saturated carbocycles. The van der Waals surface area contributed by atoms with E-state index < -0.39 is 0 Å². The van der Waals surface area contributed by atoms with E-state index in [1.54, 1.807) is 6.07 Å². The Balaban J connectivity index is 0.000000167. The topological polar surface area (TPSA) is 54.5 Å². The molecule has 2 aliphatic rings. The van der Waals surface area contributed by atoms with Crippen LogP contribution in [0.5, 0.6) is 5.75 Å². The number of rotatable bonds is 5. The molecule has 0 aromatic heterocycles. The largest absolute Gasteiger partial charge is 0.508 e. The smallest absolute Gasteiger partial charge is 0.119 e. The van der Waals surface area contributed by atoms with Gasteiger partial charge in [0.15, 0.2) is 0 Å². The molecule has 4 nitrogen and oxygen atoms in total. The van der Waals surface area contributed by atoms with Crippen molar-refractivity contribution in [3.63, 3.8) is 0 Å². The second-order valence-corrected chi connectivity index (χ2v) is 6.92. The van der Waals surface area contributed by atoms with Gasteiger partial charge in [0.1, 0.15) is 18.0 Å². The van der Waals surface area contributed by atoms with E-state index in [2.05, 4.69) is 36.4 Å². The van der Waals surface area contributed by atoms with Crippen LogP contribution in [0.2, 0.25) is 0 Å². The Bertz CT molecular complexity index is 896. The van der Waals surface area contributed by atoms with Crippen molar-refractivity contribution >= 4 is 10.8 Å². The van der Waals surface area contributed by atoms with Gasteiger partial charge in [0.05, 0.1) is 26.4 Å². The van der Waals surface area contributed by atoms with Crippen molar-refractivity contribution in [3.8, 4) is 16.9 Å². The molecule has 0 amide bonds. The quantitative estimate of drug-likeness (QED) is 0.685. The Morgan fingerprint density at radius 2 is 1.44 bits per heavy atom. The van der Waals surface area contributed by atoms with Crippen LogP contribution in [-0.4, -0.2) is 43.7 Å². The van der Waals surface area contributed by atoms with Gasteiger partial charge in [0, 0.05) is 0 Å². The summed E-state index contributed by atoms with van der Waals surface area (Å²) in [6, 6.07) is 20.2. The number of fused-ring (bicyclic) bond motifs is 1. The molecule has 3 aromatic carbocycles. The summed E-state index contributed by atoms with van der Waals surface area (Å²) in [5, 5.41) is 12.3. The molecule has 0 bridgehead atoms. The maximum Gasteiger partial charge on any atom is 0.119 e. The molecule has 0 spiro atoms. The Kier molecular flexibility index (Phi) is 5.39. The predicted octanol–water partition coefficient (Wildman–Crippen LogP) is 4.32. The summed E-state index contributed by atoms with van der Waals surface area (Å²) in [7, 11) is 0. The molecule has 2 saturated heterocycles. The summed E-state index contributed by atoms with van der Waals surface area (Å²) in [6.07, 6.45) is 0.785. The zero-order valence-corrected chi connectivity index (χ0v) is 15.4. The maximum atomic E-state index is 9.83. The van der Waals surface area contributed by atoms with Crippen molar-refractivity contribution in [2.75, 3.05) is 26.4 Å². The first-order valence-electron chi connectivity index (χ1n) is 9.30. The lowest BCUT2D eigenvalue weighted by molar-refractivity contribution is 0.102. The summed E-state index contributed by atoms with van der Waals surface area (Å²) < 4.78 is 15.1. The van der Waals surface area contributed by atoms with Crippen LogP contribution in [0.3, 0.4) is 0 Å². The highest BCUT2D eigenvalue weighted by Gasteiger charge is 2.26. The number of aromatic hydroxyl groups is 1. The molecule has 2 fully saturated rings. The highest BCUT2D eigenvalue weighted by Crippen LogP contribution is 2.33. The van der Waals surface area contributed by atoms with Crippen LogP contribution in [0.1, 0.15) is 5.56 Å². The van der Waals surface area contributed by atoms with Crippen LogP contribution in [-0.2, 0) is 14.2 Å². The van der Waals surface area contributed by atoms with Crippen LogP contribution in [0.4, 0.5) is 0 Å². The second-order valence-electron chi connectivity index (χ2n) is 6.92. The van der Waals surface area contributed by atoms with Crippen molar-refractivity contribution in [1.82, 2.24) is 0 Å². The number of epoxide rings is 2. The van der Waals surface area contributed by atoms with Gasteiger partial charge in [-0.3, -0.25) is 0 Å². The third-order valence-electron chi connectivity index (χ3n) is 4.80. The number of benzene rings is 3. The van der Waals surface area contributed by atoms with E-state index in [0.717, 1.165) is 37.6 Å². The van der Waals surface area contributed by atoms with Gasteiger partial charge >= 0.3 is 0 Å². The third kappa shape index (κ3) is 4.66. The van der Waals surface area contributed by atoms with Gasteiger partial charge in [-0.1, -0.05) is 54.6 Å². The monoisotopic (exact) mass is 364 g/mol. The Labute approximate surface area is 159 Å². The van der Waals surface area contributed by atoms with Crippen molar-refractivity contribution < 1.29 is 19.3 Å². The summed E-state index contributed by atoms with van der Waals surface area (Å²) in [6.45, 7) is 5.21. The average molecular weight is 364 g/mol. The second kappa shape index (κ2) is 8.09. The van der Waals surface area contributed by atoms with E-state index in [1.807, 2.05) is 25.1 Å². The molecule has 2 unspecified atom stereocenters. The maximum absolute atomic E-state index is 9.83. The van der Waals surface area contributed by atoms with Crippen LogP contribution in [0.15, 0.2) is 60.7 Å². The molecule has 1 N–H and O–H groups in total. The minimum absolute atomic E-state index is 0.348.